The van der Waals surface area contributed by atoms with E-state index in [9.17, 15) is 27.6 Å². The second-order valence-corrected chi connectivity index (χ2v) is 6.02. The first kappa shape index (κ1) is 23.2. The molecular weight excluding hydrogens is 379 g/mol. The lowest BCUT2D eigenvalue weighted by atomic mass is 9.99. The summed E-state index contributed by atoms with van der Waals surface area (Å²) in [7, 11) is 1.20. The van der Waals surface area contributed by atoms with Crippen molar-refractivity contribution in [3.05, 3.63) is 41.5 Å². The molecule has 1 rings (SSSR count). The molecule has 28 heavy (non-hydrogen) atoms. The summed E-state index contributed by atoms with van der Waals surface area (Å²) in [4.78, 5) is 35.3. The highest BCUT2D eigenvalue weighted by Crippen LogP contribution is 2.29. The minimum atomic E-state index is -4.49. The zero-order chi connectivity index (χ0) is 21.3. The molecule has 1 N–H and O–H groups in total. The van der Waals surface area contributed by atoms with Crippen LogP contribution >= 0.6 is 0 Å². The zero-order valence-corrected chi connectivity index (χ0v) is 15.7. The molecule has 0 aliphatic carbocycles. The Labute approximate surface area is 160 Å². The van der Waals surface area contributed by atoms with Crippen LogP contribution in [0.3, 0.4) is 0 Å². The lowest BCUT2D eigenvalue weighted by molar-refractivity contribution is -0.148. The highest BCUT2D eigenvalue weighted by atomic mass is 19.4. The fourth-order valence-corrected chi connectivity index (χ4v) is 2.18. The predicted octanol–water partition coefficient (Wildman–Crippen LogP) is 2.97. The van der Waals surface area contributed by atoms with E-state index in [1.807, 2.05) is 6.92 Å². The number of hydrogen-bond donors (Lipinski definition) is 1. The van der Waals surface area contributed by atoms with E-state index in [1.165, 1.54) is 19.2 Å². The van der Waals surface area contributed by atoms with Gasteiger partial charge in [0.15, 0.2) is 6.61 Å². The van der Waals surface area contributed by atoms with Gasteiger partial charge >= 0.3 is 18.1 Å². The van der Waals surface area contributed by atoms with Crippen molar-refractivity contribution in [2.75, 3.05) is 13.7 Å². The van der Waals surface area contributed by atoms with Gasteiger partial charge in [0.2, 0.25) is 0 Å². The molecule has 1 aromatic carbocycles. The highest BCUT2D eigenvalue weighted by molar-refractivity contribution is 5.90. The summed E-state index contributed by atoms with van der Waals surface area (Å²) in [5.74, 6) is -2.41. The Balaban J connectivity index is 2.61. The van der Waals surface area contributed by atoms with Crippen LogP contribution < -0.4 is 5.32 Å². The van der Waals surface area contributed by atoms with Crippen molar-refractivity contribution in [1.82, 2.24) is 5.32 Å². The number of esters is 2. The Morgan fingerprint density at radius 2 is 1.93 bits per heavy atom. The van der Waals surface area contributed by atoms with Gasteiger partial charge in [-0.25, -0.2) is 9.59 Å². The number of methoxy groups -OCH3 is 1. The first-order valence-corrected chi connectivity index (χ1v) is 8.47. The van der Waals surface area contributed by atoms with Crippen LogP contribution in [0.2, 0.25) is 0 Å². The van der Waals surface area contributed by atoms with Crippen molar-refractivity contribution in [1.29, 1.82) is 0 Å². The molecule has 2 atom stereocenters. The number of nitrogens with one attached hydrogen (secondary N) is 1. The van der Waals surface area contributed by atoms with Crippen LogP contribution in [0.1, 0.15) is 31.4 Å². The third kappa shape index (κ3) is 7.42. The van der Waals surface area contributed by atoms with Gasteiger partial charge in [0.1, 0.15) is 6.04 Å². The molecule has 1 amide bonds. The highest BCUT2D eigenvalue weighted by Gasteiger charge is 2.30. The minimum Gasteiger partial charge on any atom is -0.467 e. The van der Waals surface area contributed by atoms with E-state index in [4.69, 9.17) is 4.74 Å². The smallest absolute Gasteiger partial charge is 0.416 e. The summed E-state index contributed by atoms with van der Waals surface area (Å²) in [5.41, 5.74) is -0.694. The maximum atomic E-state index is 12.7. The number of ether oxygens (including phenoxy) is 2. The van der Waals surface area contributed by atoms with Gasteiger partial charge < -0.3 is 14.8 Å². The molecule has 0 radical (unpaired) electrons. The zero-order valence-electron chi connectivity index (χ0n) is 15.7. The molecule has 0 unspecified atom stereocenters. The molecule has 0 aliphatic heterocycles. The van der Waals surface area contributed by atoms with Crippen molar-refractivity contribution in [3.63, 3.8) is 0 Å². The molecule has 6 nitrogen and oxygen atoms in total. The topological polar surface area (TPSA) is 81.7 Å². The number of carbonyl (C=O) groups excluding carboxylic acids is 3. The van der Waals surface area contributed by atoms with E-state index in [-0.39, 0.29) is 11.5 Å². The Morgan fingerprint density at radius 3 is 2.50 bits per heavy atom. The Kier molecular flexibility index (Phi) is 8.69. The molecule has 0 spiro atoms. The molecule has 0 saturated carbocycles. The van der Waals surface area contributed by atoms with Crippen molar-refractivity contribution in [2.24, 2.45) is 5.92 Å². The molecule has 9 heteroatoms. The Bertz CT molecular complexity index is 731. The van der Waals surface area contributed by atoms with Gasteiger partial charge in [0.05, 0.1) is 12.7 Å². The summed E-state index contributed by atoms with van der Waals surface area (Å²) < 4.78 is 47.3. The molecule has 0 saturated heterocycles. The van der Waals surface area contributed by atoms with E-state index < -0.39 is 42.2 Å². The SMILES string of the molecule is CC[C@@H](C)[C@@H](NC(=O)COC(=O)/C=C/c1cccc(C(F)(F)F)c1)C(=O)OC. The molecular formula is C19H22F3NO5. The summed E-state index contributed by atoms with van der Waals surface area (Å²) in [6.45, 7) is 2.95. The van der Waals surface area contributed by atoms with Crippen LogP contribution in [0.4, 0.5) is 13.2 Å². The number of carbonyl (C=O) groups is 3. The summed E-state index contributed by atoms with van der Waals surface area (Å²) in [6.07, 6.45) is -1.82. The number of hydrogen-bond acceptors (Lipinski definition) is 5. The monoisotopic (exact) mass is 401 g/mol. The third-order valence-corrected chi connectivity index (χ3v) is 3.96. The predicted molar refractivity (Wildman–Crippen MR) is 94.8 cm³/mol. The molecule has 0 aromatic heterocycles. The average molecular weight is 401 g/mol. The van der Waals surface area contributed by atoms with Crippen LogP contribution in [0, 0.1) is 5.92 Å². The molecule has 0 aliphatic rings. The first-order valence-electron chi connectivity index (χ1n) is 8.47. The van der Waals surface area contributed by atoms with Gasteiger partial charge in [-0.2, -0.15) is 13.2 Å². The van der Waals surface area contributed by atoms with Crippen LogP contribution in [0.25, 0.3) is 6.08 Å². The van der Waals surface area contributed by atoms with Crippen molar-refractivity contribution >= 4 is 23.9 Å². The first-order chi connectivity index (χ1) is 13.1. The normalized spacial score (nSPS) is 13.6. The van der Waals surface area contributed by atoms with E-state index in [2.05, 4.69) is 10.1 Å². The molecule has 0 heterocycles. The van der Waals surface area contributed by atoms with Gasteiger partial charge in [0.25, 0.3) is 5.91 Å². The Morgan fingerprint density at radius 1 is 1.25 bits per heavy atom. The van der Waals surface area contributed by atoms with Crippen LogP contribution in [-0.2, 0) is 30.0 Å². The quantitative estimate of drug-likeness (QED) is 0.535. The fourth-order valence-electron chi connectivity index (χ4n) is 2.18. The maximum absolute atomic E-state index is 12.7. The van der Waals surface area contributed by atoms with Crippen molar-refractivity contribution < 1.29 is 37.0 Å². The number of alkyl halides is 3. The van der Waals surface area contributed by atoms with Crippen LogP contribution in [0.15, 0.2) is 30.3 Å². The Hall–Kier alpha value is -2.84. The molecule has 0 fully saturated rings. The molecule has 0 bridgehead atoms. The maximum Gasteiger partial charge on any atom is 0.416 e. The van der Waals surface area contributed by atoms with E-state index in [1.54, 1.807) is 6.92 Å². The van der Waals surface area contributed by atoms with Gasteiger partial charge in [-0.3, -0.25) is 4.79 Å². The van der Waals surface area contributed by atoms with Gasteiger partial charge in [-0.05, 0) is 29.7 Å². The molecule has 1 aromatic rings. The summed E-state index contributed by atoms with van der Waals surface area (Å²) in [5, 5.41) is 2.43. The average Bonchev–Trinajstić information content (AvgIpc) is 2.67. The largest absolute Gasteiger partial charge is 0.467 e. The van der Waals surface area contributed by atoms with Crippen molar-refractivity contribution in [3.8, 4) is 0 Å². The van der Waals surface area contributed by atoms with Crippen LogP contribution in [0.5, 0.6) is 0 Å². The van der Waals surface area contributed by atoms with Gasteiger partial charge in [-0.15, -0.1) is 0 Å². The number of benzene rings is 1. The van der Waals surface area contributed by atoms with E-state index in [0.717, 1.165) is 24.3 Å². The van der Waals surface area contributed by atoms with Gasteiger partial charge in [-0.1, -0.05) is 32.4 Å². The summed E-state index contributed by atoms with van der Waals surface area (Å²) >= 11 is 0. The number of amides is 1. The molecule has 154 valence electrons. The summed E-state index contributed by atoms with van der Waals surface area (Å²) in [6, 6.07) is 3.52. The van der Waals surface area contributed by atoms with E-state index >= 15 is 0 Å². The van der Waals surface area contributed by atoms with E-state index in [0.29, 0.717) is 6.42 Å². The second kappa shape index (κ2) is 10.5. The fraction of sp³-hybridized carbons (Fsp3) is 0.421. The minimum absolute atomic E-state index is 0.152. The second-order valence-electron chi connectivity index (χ2n) is 6.02. The van der Waals surface area contributed by atoms with Gasteiger partial charge in [0, 0.05) is 6.08 Å². The lowest BCUT2D eigenvalue weighted by Gasteiger charge is -2.21. The van der Waals surface area contributed by atoms with Crippen LogP contribution in [-0.4, -0.2) is 37.6 Å². The van der Waals surface area contributed by atoms with Crippen molar-refractivity contribution in [2.45, 2.75) is 32.5 Å². The number of halogens is 3. The lowest BCUT2D eigenvalue weighted by Crippen LogP contribution is -2.47. The number of rotatable bonds is 8. The third-order valence-electron chi connectivity index (χ3n) is 3.96. The standard InChI is InChI=1S/C19H22F3NO5/c1-4-12(2)17(18(26)27-3)23-15(24)11-28-16(25)9-8-13-6-5-7-14(10-13)19(20,21)22/h5-10,12,17H,4,11H2,1-3H3,(H,23,24)/b9-8+/t12-,17-/m1/s1.